The number of benzene rings is 2. The third-order valence-corrected chi connectivity index (χ3v) is 5.77. The molecule has 130 valence electrons. The van der Waals surface area contributed by atoms with Crippen molar-refractivity contribution < 1.29 is 13.2 Å². The van der Waals surface area contributed by atoms with Gasteiger partial charge in [-0.15, -0.1) is 0 Å². The molecule has 1 heterocycles. The molecule has 1 aliphatic heterocycles. The Balaban J connectivity index is 2.02. The van der Waals surface area contributed by atoms with E-state index < -0.39 is 10.0 Å². The van der Waals surface area contributed by atoms with Crippen molar-refractivity contribution in [3.8, 4) is 0 Å². The number of hydrogen-bond acceptors (Lipinski definition) is 4. The van der Waals surface area contributed by atoms with E-state index in [1.54, 1.807) is 29.2 Å². The van der Waals surface area contributed by atoms with Crippen molar-refractivity contribution in [2.75, 3.05) is 18.5 Å². The van der Waals surface area contributed by atoms with Gasteiger partial charge in [0.15, 0.2) is 5.71 Å². The number of likely N-dealkylation sites (N-methyl/N-ethyl adjacent to an activating group) is 1. The van der Waals surface area contributed by atoms with E-state index in [1.165, 1.54) is 19.2 Å². The summed E-state index contributed by atoms with van der Waals surface area (Å²) in [6.07, 6.45) is 0. The van der Waals surface area contributed by atoms with E-state index in [9.17, 15) is 13.2 Å². The van der Waals surface area contributed by atoms with Crippen molar-refractivity contribution in [2.24, 2.45) is 5.10 Å². The van der Waals surface area contributed by atoms with Gasteiger partial charge in [0.2, 0.25) is 0 Å². The molecule has 0 saturated carbocycles. The van der Waals surface area contributed by atoms with Gasteiger partial charge in [0.1, 0.15) is 0 Å². The van der Waals surface area contributed by atoms with Gasteiger partial charge in [-0.05, 0) is 32.0 Å². The van der Waals surface area contributed by atoms with Crippen molar-refractivity contribution in [3.63, 3.8) is 0 Å². The fraction of sp³-hybridized carbons (Fsp3) is 0.222. The first-order chi connectivity index (χ1) is 11.9. The van der Waals surface area contributed by atoms with Crippen LogP contribution in [-0.2, 0) is 14.8 Å². The molecule has 0 unspecified atom stereocenters. The van der Waals surface area contributed by atoms with Crippen LogP contribution in [0.15, 0.2) is 58.5 Å². The molecule has 0 fully saturated rings. The van der Waals surface area contributed by atoms with Gasteiger partial charge < -0.3 is 4.90 Å². The van der Waals surface area contributed by atoms with Crippen LogP contribution in [0.25, 0.3) is 0 Å². The molecule has 0 saturated heterocycles. The Kier molecular flexibility index (Phi) is 4.34. The number of fused-ring (bicyclic) bond motifs is 1. The molecular formula is C18H19N3O3S. The summed E-state index contributed by atoms with van der Waals surface area (Å²) >= 11 is 0. The maximum Gasteiger partial charge on any atom is 0.279 e. The molecule has 0 bridgehead atoms. The lowest BCUT2D eigenvalue weighted by molar-refractivity contribution is -0.112. The van der Waals surface area contributed by atoms with Gasteiger partial charge in [0, 0.05) is 19.2 Å². The zero-order valence-electron chi connectivity index (χ0n) is 14.3. The third-order valence-electron chi connectivity index (χ3n) is 4.12. The van der Waals surface area contributed by atoms with Crippen molar-refractivity contribution in [3.05, 3.63) is 59.7 Å². The highest BCUT2D eigenvalue weighted by Crippen LogP contribution is 2.29. The van der Waals surface area contributed by atoms with Crippen LogP contribution in [0.2, 0.25) is 0 Å². The van der Waals surface area contributed by atoms with E-state index in [1.807, 2.05) is 26.0 Å². The van der Waals surface area contributed by atoms with Gasteiger partial charge in [0.05, 0.1) is 10.6 Å². The fourth-order valence-corrected chi connectivity index (χ4v) is 3.70. The van der Waals surface area contributed by atoms with E-state index in [0.717, 1.165) is 15.7 Å². The molecule has 7 heteroatoms. The summed E-state index contributed by atoms with van der Waals surface area (Å²) < 4.78 is 26.3. The Morgan fingerprint density at radius 2 is 1.72 bits per heavy atom. The molecule has 6 nitrogen and oxygen atoms in total. The lowest BCUT2D eigenvalue weighted by atomic mass is 10.1. The number of sulfonamides is 1. The lowest BCUT2D eigenvalue weighted by Gasteiger charge is -2.15. The first kappa shape index (κ1) is 17.2. The molecule has 25 heavy (non-hydrogen) atoms. The molecule has 0 aliphatic carbocycles. The molecule has 0 spiro atoms. The predicted octanol–water partition coefficient (Wildman–Crippen LogP) is 2.39. The highest BCUT2D eigenvalue weighted by molar-refractivity contribution is 7.89. The number of anilines is 1. The molecule has 2 aromatic carbocycles. The summed E-state index contributed by atoms with van der Waals surface area (Å²) in [6, 6.07) is 13.8. The summed E-state index contributed by atoms with van der Waals surface area (Å²) in [6.45, 7) is 4.24. The van der Waals surface area contributed by atoms with Gasteiger partial charge in [-0.25, -0.2) is 0 Å². The molecule has 0 aromatic heterocycles. The van der Waals surface area contributed by atoms with Crippen LogP contribution in [0, 0.1) is 6.92 Å². The van der Waals surface area contributed by atoms with Crippen LogP contribution in [0.4, 0.5) is 5.69 Å². The van der Waals surface area contributed by atoms with Crippen LogP contribution in [0.1, 0.15) is 18.1 Å². The molecule has 2 aromatic rings. The van der Waals surface area contributed by atoms with Crippen molar-refractivity contribution in [2.45, 2.75) is 18.7 Å². The number of aryl methyl sites for hydroxylation is 1. The van der Waals surface area contributed by atoms with Gasteiger partial charge in [-0.2, -0.15) is 17.9 Å². The average molecular weight is 357 g/mol. The number of para-hydroxylation sites is 1. The zero-order valence-corrected chi connectivity index (χ0v) is 15.1. The molecule has 0 N–H and O–H groups in total. The minimum Gasteiger partial charge on any atom is -0.307 e. The van der Waals surface area contributed by atoms with Crippen molar-refractivity contribution in [1.29, 1.82) is 0 Å². The van der Waals surface area contributed by atoms with Crippen LogP contribution in [0.3, 0.4) is 0 Å². The summed E-state index contributed by atoms with van der Waals surface area (Å²) in [5, 5.41) is 4.14. The Labute approximate surface area is 147 Å². The highest BCUT2D eigenvalue weighted by Gasteiger charge is 2.34. The predicted molar refractivity (Wildman–Crippen MR) is 97.1 cm³/mol. The standard InChI is InChI=1S/C18H19N3O3S/c1-4-21-16-8-6-5-7-15(16)17(18(21)22)19-20(3)25(23,24)14-11-9-13(2)10-12-14/h5-12H,4H2,1-3H3. The topological polar surface area (TPSA) is 70.1 Å². The number of hydrogen-bond donors (Lipinski definition) is 0. The second-order valence-electron chi connectivity index (χ2n) is 5.77. The monoisotopic (exact) mass is 357 g/mol. The second-order valence-corrected chi connectivity index (χ2v) is 7.72. The van der Waals surface area contributed by atoms with E-state index in [4.69, 9.17) is 0 Å². The molecule has 0 atom stereocenters. The molecule has 1 amide bonds. The van der Waals surface area contributed by atoms with Crippen LogP contribution >= 0.6 is 0 Å². The zero-order chi connectivity index (χ0) is 18.2. The Bertz CT molecular complexity index is 950. The van der Waals surface area contributed by atoms with Gasteiger partial charge in [-0.3, -0.25) is 4.79 Å². The van der Waals surface area contributed by atoms with E-state index >= 15 is 0 Å². The number of nitrogens with zero attached hydrogens (tertiary/aromatic N) is 3. The average Bonchev–Trinajstić information content (AvgIpc) is 2.87. The molecule has 1 aliphatic rings. The molecule has 0 radical (unpaired) electrons. The van der Waals surface area contributed by atoms with Crippen molar-refractivity contribution >= 4 is 27.3 Å². The van der Waals surface area contributed by atoms with E-state index in [2.05, 4.69) is 5.10 Å². The third kappa shape index (κ3) is 2.91. The summed E-state index contributed by atoms with van der Waals surface area (Å²) in [4.78, 5) is 14.3. The Hall–Kier alpha value is -2.67. The van der Waals surface area contributed by atoms with E-state index in [-0.39, 0.29) is 16.5 Å². The van der Waals surface area contributed by atoms with Crippen LogP contribution in [-0.4, -0.2) is 38.0 Å². The number of hydrazone groups is 1. The van der Waals surface area contributed by atoms with Crippen LogP contribution in [0.5, 0.6) is 0 Å². The van der Waals surface area contributed by atoms with Gasteiger partial charge in [0.25, 0.3) is 15.9 Å². The normalized spacial score (nSPS) is 15.6. The Morgan fingerprint density at radius 1 is 1.08 bits per heavy atom. The minimum atomic E-state index is -3.82. The quantitative estimate of drug-likeness (QED) is 0.789. The maximum absolute atomic E-state index is 12.7. The number of carbonyl (C=O) groups is 1. The van der Waals surface area contributed by atoms with Crippen molar-refractivity contribution in [1.82, 2.24) is 4.41 Å². The maximum atomic E-state index is 12.7. The molecule has 3 rings (SSSR count). The number of amides is 1. The molecular weight excluding hydrogens is 338 g/mol. The van der Waals surface area contributed by atoms with E-state index in [0.29, 0.717) is 12.1 Å². The second kappa shape index (κ2) is 6.33. The lowest BCUT2D eigenvalue weighted by Crippen LogP contribution is -2.32. The minimum absolute atomic E-state index is 0.135. The van der Waals surface area contributed by atoms with Gasteiger partial charge in [-0.1, -0.05) is 35.9 Å². The first-order valence-corrected chi connectivity index (χ1v) is 9.35. The summed E-state index contributed by atoms with van der Waals surface area (Å²) in [5.74, 6) is -0.297. The SMILES string of the molecule is CCN1C(=O)C(=NN(C)S(=O)(=O)c2ccc(C)cc2)c2ccccc21. The number of rotatable bonds is 4. The first-order valence-electron chi connectivity index (χ1n) is 7.91. The van der Waals surface area contributed by atoms with Gasteiger partial charge >= 0.3 is 0 Å². The summed E-state index contributed by atoms with van der Waals surface area (Å²) in [7, 11) is -2.48. The smallest absolute Gasteiger partial charge is 0.279 e. The highest BCUT2D eigenvalue weighted by atomic mass is 32.2. The largest absolute Gasteiger partial charge is 0.307 e. The summed E-state index contributed by atoms with van der Waals surface area (Å²) in [5.41, 5.74) is 2.48. The number of carbonyl (C=O) groups excluding carboxylic acids is 1. The Morgan fingerprint density at radius 3 is 2.36 bits per heavy atom. The van der Waals surface area contributed by atoms with Crippen LogP contribution < -0.4 is 4.90 Å². The fourth-order valence-electron chi connectivity index (χ4n) is 2.73.